The maximum absolute atomic E-state index is 12.0. The van der Waals surface area contributed by atoms with Gasteiger partial charge in [0.25, 0.3) is 0 Å². The summed E-state index contributed by atoms with van der Waals surface area (Å²) >= 11 is 0. The van der Waals surface area contributed by atoms with E-state index in [4.69, 9.17) is 0 Å². The van der Waals surface area contributed by atoms with Crippen molar-refractivity contribution in [2.24, 2.45) is 40.4 Å². The average Bonchev–Trinajstić information content (AvgIpc) is 2.82. The zero-order chi connectivity index (χ0) is 15.5. The van der Waals surface area contributed by atoms with Crippen LogP contribution in [0.3, 0.4) is 0 Å². The van der Waals surface area contributed by atoms with E-state index in [-0.39, 0.29) is 10.8 Å². The number of fused-ring (bicyclic) bond motifs is 5. The molecule has 4 saturated carbocycles. The minimum absolute atomic E-state index is 0.286. The number of carbonyl (C=O) groups is 1. The highest BCUT2D eigenvalue weighted by Gasteiger charge is 2.59. The summed E-state index contributed by atoms with van der Waals surface area (Å²) < 4.78 is 0. The Balaban J connectivity index is 1.62. The molecule has 0 aliphatic heterocycles. The summed E-state index contributed by atoms with van der Waals surface area (Å²) in [5.74, 6) is 4.02. The molecule has 4 aliphatic rings. The van der Waals surface area contributed by atoms with Crippen LogP contribution < -0.4 is 0 Å². The van der Waals surface area contributed by atoms with Gasteiger partial charge in [0.2, 0.25) is 0 Å². The Bertz CT molecular complexity index is 534. The second-order valence-electron chi connectivity index (χ2n) is 9.29. The molecule has 0 saturated heterocycles. The second kappa shape index (κ2) is 4.83. The average molecular weight is 299 g/mol. The van der Waals surface area contributed by atoms with Gasteiger partial charge in [0.05, 0.1) is 12.0 Å². The fourth-order valence-electron chi connectivity index (χ4n) is 7.28. The lowest BCUT2D eigenvalue weighted by Crippen LogP contribution is -2.52. The summed E-state index contributed by atoms with van der Waals surface area (Å²) in [5.41, 5.74) is 0.575. The van der Waals surface area contributed by atoms with E-state index < -0.39 is 0 Å². The van der Waals surface area contributed by atoms with Gasteiger partial charge in [-0.2, -0.15) is 5.26 Å². The molecule has 0 amide bonds. The summed E-state index contributed by atoms with van der Waals surface area (Å²) in [7, 11) is 0. The molecular formula is C20H29NO. The van der Waals surface area contributed by atoms with Crippen molar-refractivity contribution in [3.8, 4) is 6.07 Å². The fourth-order valence-corrected chi connectivity index (χ4v) is 7.28. The molecule has 0 bridgehead atoms. The van der Waals surface area contributed by atoms with Crippen LogP contribution in [0.1, 0.15) is 71.6 Å². The van der Waals surface area contributed by atoms with Gasteiger partial charge >= 0.3 is 0 Å². The zero-order valence-corrected chi connectivity index (χ0v) is 14.1. The number of hydrogen-bond donors (Lipinski definition) is 0. The molecule has 4 aliphatic carbocycles. The summed E-state index contributed by atoms with van der Waals surface area (Å²) in [4.78, 5) is 12.0. The highest BCUT2D eigenvalue weighted by atomic mass is 16.1. The minimum Gasteiger partial charge on any atom is -0.300 e. The monoisotopic (exact) mass is 299 g/mol. The quantitative estimate of drug-likeness (QED) is 0.648. The first kappa shape index (κ1) is 14.7. The summed E-state index contributed by atoms with van der Waals surface area (Å²) in [6, 6.07) is 2.62. The topological polar surface area (TPSA) is 40.9 Å². The van der Waals surface area contributed by atoms with Crippen LogP contribution >= 0.6 is 0 Å². The van der Waals surface area contributed by atoms with Crippen molar-refractivity contribution >= 4 is 5.78 Å². The van der Waals surface area contributed by atoms with Crippen LogP contribution in [-0.2, 0) is 4.79 Å². The van der Waals surface area contributed by atoms with Crippen molar-refractivity contribution in [1.82, 2.24) is 0 Å². The first-order valence-electron chi connectivity index (χ1n) is 9.39. The van der Waals surface area contributed by atoms with E-state index in [1.165, 1.54) is 32.1 Å². The standard InChI is InChI=1S/C20H29NO/c1-19-9-7-16-15(17(19)6-4-14(22)11-19)8-10-20(2)13(12-21)3-5-18(16)20/h13,15-18H,3-11H2,1-2H3/t13-,15+,16-,17-,18+,19-,20-/m1/s1. The van der Waals surface area contributed by atoms with E-state index >= 15 is 0 Å². The van der Waals surface area contributed by atoms with Crippen LogP contribution in [0.4, 0.5) is 0 Å². The van der Waals surface area contributed by atoms with Crippen molar-refractivity contribution in [2.75, 3.05) is 0 Å². The van der Waals surface area contributed by atoms with Gasteiger partial charge in [0.15, 0.2) is 0 Å². The Morgan fingerprint density at radius 2 is 1.73 bits per heavy atom. The Morgan fingerprint density at radius 3 is 2.50 bits per heavy atom. The van der Waals surface area contributed by atoms with Gasteiger partial charge in [-0.05, 0) is 79.4 Å². The third-order valence-corrected chi connectivity index (χ3v) is 8.44. The van der Waals surface area contributed by atoms with E-state index in [0.717, 1.165) is 49.4 Å². The Hall–Kier alpha value is -0.840. The van der Waals surface area contributed by atoms with Crippen molar-refractivity contribution < 1.29 is 4.79 Å². The van der Waals surface area contributed by atoms with Gasteiger partial charge in [-0.15, -0.1) is 0 Å². The maximum Gasteiger partial charge on any atom is 0.133 e. The molecule has 0 aromatic heterocycles. The molecule has 0 unspecified atom stereocenters. The predicted octanol–water partition coefficient (Wildman–Crippen LogP) is 4.74. The lowest BCUT2D eigenvalue weighted by Gasteiger charge is -2.58. The molecule has 0 spiro atoms. The Morgan fingerprint density at radius 1 is 1.00 bits per heavy atom. The number of nitriles is 1. The molecule has 4 fully saturated rings. The lowest BCUT2D eigenvalue weighted by molar-refractivity contribution is -0.135. The number of nitrogens with zero attached hydrogens (tertiary/aromatic N) is 1. The third-order valence-electron chi connectivity index (χ3n) is 8.44. The first-order valence-corrected chi connectivity index (χ1v) is 9.39. The van der Waals surface area contributed by atoms with E-state index in [1.54, 1.807) is 0 Å². The van der Waals surface area contributed by atoms with Crippen LogP contribution in [0.2, 0.25) is 0 Å². The van der Waals surface area contributed by atoms with Gasteiger partial charge in [0, 0.05) is 12.8 Å². The number of carbonyl (C=O) groups excluding carboxylic acids is 1. The van der Waals surface area contributed by atoms with Gasteiger partial charge in [-0.25, -0.2) is 0 Å². The lowest BCUT2D eigenvalue weighted by atomic mass is 9.46. The molecule has 0 radical (unpaired) electrons. The molecule has 22 heavy (non-hydrogen) atoms. The second-order valence-corrected chi connectivity index (χ2v) is 9.29. The van der Waals surface area contributed by atoms with Gasteiger partial charge in [-0.1, -0.05) is 13.8 Å². The number of rotatable bonds is 0. The summed E-state index contributed by atoms with van der Waals surface area (Å²) in [6.45, 7) is 4.80. The summed E-state index contributed by atoms with van der Waals surface area (Å²) in [5, 5.41) is 9.54. The number of hydrogen-bond acceptors (Lipinski definition) is 2. The molecule has 120 valence electrons. The summed E-state index contributed by atoms with van der Waals surface area (Å²) in [6.07, 6.45) is 10.3. The molecule has 0 aromatic carbocycles. The number of Topliss-reactive ketones (excluding diaryl/α,β-unsaturated/α-hetero) is 1. The smallest absolute Gasteiger partial charge is 0.133 e. The first-order chi connectivity index (χ1) is 10.5. The molecule has 0 N–H and O–H groups in total. The molecule has 0 aromatic rings. The normalized spacial score (nSPS) is 54.0. The van der Waals surface area contributed by atoms with Gasteiger partial charge in [0.1, 0.15) is 5.78 Å². The van der Waals surface area contributed by atoms with Crippen molar-refractivity contribution in [3.63, 3.8) is 0 Å². The van der Waals surface area contributed by atoms with E-state index in [0.29, 0.717) is 11.7 Å². The predicted molar refractivity (Wildman–Crippen MR) is 85.8 cm³/mol. The highest BCUT2D eigenvalue weighted by molar-refractivity contribution is 5.80. The Kier molecular flexibility index (Phi) is 3.23. The molecule has 2 nitrogen and oxygen atoms in total. The number of ketones is 1. The molecule has 0 heterocycles. The largest absolute Gasteiger partial charge is 0.300 e. The molecule has 7 atom stereocenters. The van der Waals surface area contributed by atoms with Crippen LogP contribution in [0.5, 0.6) is 0 Å². The zero-order valence-electron chi connectivity index (χ0n) is 14.1. The molecular weight excluding hydrogens is 270 g/mol. The Labute approximate surface area is 134 Å². The molecule has 4 rings (SSSR count). The minimum atomic E-state index is 0.286. The van der Waals surface area contributed by atoms with Crippen LogP contribution in [0.15, 0.2) is 0 Å². The highest BCUT2D eigenvalue weighted by Crippen LogP contribution is 2.66. The SMILES string of the molecule is C[C@]12CC[C@@H]3[C@H](CC[C@]4(C)[C@@H](C#N)CC[C@@H]34)[C@H]1CCC(=O)C2. The fraction of sp³-hybridized carbons (Fsp3) is 0.900. The van der Waals surface area contributed by atoms with Gasteiger partial charge < -0.3 is 0 Å². The van der Waals surface area contributed by atoms with Crippen LogP contribution in [0, 0.1) is 51.8 Å². The third kappa shape index (κ3) is 1.87. The van der Waals surface area contributed by atoms with E-state index in [1.807, 2.05) is 0 Å². The maximum atomic E-state index is 12.0. The van der Waals surface area contributed by atoms with Crippen LogP contribution in [-0.4, -0.2) is 5.78 Å². The van der Waals surface area contributed by atoms with Gasteiger partial charge in [-0.3, -0.25) is 4.79 Å². The van der Waals surface area contributed by atoms with E-state index in [2.05, 4.69) is 19.9 Å². The van der Waals surface area contributed by atoms with Crippen LogP contribution in [0.25, 0.3) is 0 Å². The van der Waals surface area contributed by atoms with Crippen molar-refractivity contribution in [3.05, 3.63) is 0 Å². The van der Waals surface area contributed by atoms with Crippen molar-refractivity contribution in [2.45, 2.75) is 71.6 Å². The van der Waals surface area contributed by atoms with E-state index in [9.17, 15) is 10.1 Å². The van der Waals surface area contributed by atoms with Crippen molar-refractivity contribution in [1.29, 1.82) is 5.26 Å². The molecule has 2 heteroatoms.